The maximum Gasteiger partial charge on any atom is 0.270 e. The van der Waals surface area contributed by atoms with E-state index in [1.54, 1.807) is 19.1 Å². The van der Waals surface area contributed by atoms with Gasteiger partial charge in [-0.1, -0.05) is 0 Å². The maximum absolute atomic E-state index is 13.1. The number of hydrogen-bond donors (Lipinski definition) is 0. The summed E-state index contributed by atoms with van der Waals surface area (Å²) < 4.78 is 13.0. The Balaban J connectivity index is 1.58. The van der Waals surface area contributed by atoms with E-state index >= 15 is 0 Å². The van der Waals surface area contributed by atoms with Gasteiger partial charge in [0.05, 0.1) is 25.7 Å². The van der Waals surface area contributed by atoms with Gasteiger partial charge in [-0.15, -0.1) is 0 Å². The smallest absolute Gasteiger partial charge is 0.270 e. The first-order valence-corrected chi connectivity index (χ1v) is 8.73. The Kier molecular flexibility index (Phi) is 3.91. The van der Waals surface area contributed by atoms with Crippen molar-refractivity contribution in [3.05, 3.63) is 30.0 Å². The van der Waals surface area contributed by atoms with Gasteiger partial charge in [-0.3, -0.25) is 9.59 Å². The number of rotatable bonds is 2. The lowest BCUT2D eigenvalue weighted by Crippen LogP contribution is -2.54. The summed E-state index contributed by atoms with van der Waals surface area (Å²) in [5, 5.41) is 1.00. The molecule has 1 aromatic heterocycles. The van der Waals surface area contributed by atoms with Crippen molar-refractivity contribution in [3.8, 4) is 5.75 Å². The van der Waals surface area contributed by atoms with Gasteiger partial charge in [-0.25, -0.2) is 0 Å². The van der Waals surface area contributed by atoms with Crippen molar-refractivity contribution < 1.29 is 19.1 Å². The minimum absolute atomic E-state index is 0.0111. The van der Waals surface area contributed by atoms with Crippen LogP contribution in [0, 0.1) is 0 Å². The number of methoxy groups -OCH3 is 1. The van der Waals surface area contributed by atoms with E-state index in [4.69, 9.17) is 9.47 Å². The number of benzene rings is 1. The number of likely N-dealkylation sites (N-methyl/N-ethyl adjacent to an activating group) is 1. The fourth-order valence-corrected chi connectivity index (χ4v) is 3.96. The number of fused-ring (bicyclic) bond motifs is 1. The first-order valence-electron chi connectivity index (χ1n) is 8.73. The Hall–Kier alpha value is -2.54. The minimum atomic E-state index is -0.438. The van der Waals surface area contributed by atoms with Crippen LogP contribution in [0.15, 0.2) is 24.3 Å². The topological polar surface area (TPSA) is 64.0 Å². The van der Waals surface area contributed by atoms with Gasteiger partial charge in [0.25, 0.3) is 5.91 Å². The van der Waals surface area contributed by atoms with Gasteiger partial charge in [-0.05, 0) is 24.6 Å². The van der Waals surface area contributed by atoms with E-state index in [1.807, 2.05) is 40.8 Å². The highest BCUT2D eigenvalue weighted by molar-refractivity contribution is 5.99. The quantitative estimate of drug-likeness (QED) is 0.812. The van der Waals surface area contributed by atoms with Gasteiger partial charge in [-0.2, -0.15) is 0 Å². The lowest BCUT2D eigenvalue weighted by molar-refractivity contribution is -0.158. The molecule has 0 N–H and O–H groups in total. The third kappa shape index (κ3) is 2.63. The number of morpholine rings is 1. The molecule has 26 heavy (non-hydrogen) atoms. The molecule has 1 aromatic carbocycles. The average Bonchev–Trinajstić information content (AvgIpc) is 3.20. The van der Waals surface area contributed by atoms with E-state index in [0.29, 0.717) is 25.3 Å². The van der Waals surface area contributed by atoms with Crippen molar-refractivity contribution >= 4 is 22.7 Å². The predicted molar refractivity (Wildman–Crippen MR) is 96.3 cm³/mol. The zero-order valence-electron chi connectivity index (χ0n) is 15.3. The largest absolute Gasteiger partial charge is 0.497 e. The van der Waals surface area contributed by atoms with Crippen LogP contribution in [-0.2, 0) is 16.6 Å². The molecule has 1 atom stereocenters. The monoisotopic (exact) mass is 357 g/mol. The van der Waals surface area contributed by atoms with Crippen LogP contribution < -0.4 is 4.74 Å². The highest BCUT2D eigenvalue weighted by atomic mass is 16.5. The lowest BCUT2D eigenvalue weighted by Gasteiger charge is -2.38. The number of carbonyl (C=O) groups excluding carboxylic acids is 2. The summed E-state index contributed by atoms with van der Waals surface area (Å²) >= 11 is 0. The molecule has 2 aliphatic heterocycles. The molecule has 3 heterocycles. The number of ether oxygens (including phenoxy) is 2. The van der Waals surface area contributed by atoms with E-state index < -0.39 is 5.60 Å². The van der Waals surface area contributed by atoms with E-state index in [0.717, 1.165) is 23.1 Å². The van der Waals surface area contributed by atoms with Crippen LogP contribution in [0.1, 0.15) is 16.9 Å². The molecule has 0 saturated carbocycles. The Morgan fingerprint density at radius 1 is 1.23 bits per heavy atom. The fraction of sp³-hybridized carbons (Fsp3) is 0.474. The molecule has 2 fully saturated rings. The second kappa shape index (κ2) is 6.02. The van der Waals surface area contributed by atoms with E-state index in [2.05, 4.69) is 0 Å². The van der Waals surface area contributed by atoms with E-state index in [9.17, 15) is 9.59 Å². The predicted octanol–water partition coefficient (Wildman–Crippen LogP) is 1.26. The molecule has 0 unspecified atom stereocenters. The minimum Gasteiger partial charge on any atom is -0.497 e. The molecule has 7 heteroatoms. The molecule has 138 valence electrons. The molecule has 2 amide bonds. The number of nitrogens with zero attached hydrogens (tertiary/aromatic N) is 3. The van der Waals surface area contributed by atoms with Gasteiger partial charge in [0.2, 0.25) is 5.91 Å². The van der Waals surface area contributed by atoms with Crippen molar-refractivity contribution in [2.24, 2.45) is 7.05 Å². The first kappa shape index (κ1) is 16.9. The normalized spacial score (nSPS) is 23.3. The molecule has 2 aromatic rings. The summed E-state index contributed by atoms with van der Waals surface area (Å²) in [5.74, 6) is 0.742. The second-order valence-corrected chi connectivity index (χ2v) is 7.21. The van der Waals surface area contributed by atoms with Gasteiger partial charge in [0, 0.05) is 32.1 Å². The number of aromatic nitrogens is 1. The summed E-state index contributed by atoms with van der Waals surface area (Å²) in [6, 6.07) is 7.70. The summed E-state index contributed by atoms with van der Waals surface area (Å²) in [6.45, 7) is 1.76. The standard InChI is InChI=1S/C19H23N3O4/c1-20-11-19(26-10-17(20)23)6-7-22(12-19)18(24)16-8-13-4-5-14(25-3)9-15(13)21(16)2/h4-5,8-9H,6-7,10-12H2,1-3H3/t19-/m1/s1. The Labute approximate surface area is 152 Å². The molecular formula is C19H23N3O4. The third-order valence-electron chi connectivity index (χ3n) is 5.53. The molecule has 0 aliphatic carbocycles. The zero-order chi connectivity index (χ0) is 18.5. The molecular weight excluding hydrogens is 334 g/mol. The van der Waals surface area contributed by atoms with Gasteiger partial charge >= 0.3 is 0 Å². The van der Waals surface area contributed by atoms with Gasteiger partial charge < -0.3 is 23.8 Å². The Morgan fingerprint density at radius 3 is 2.77 bits per heavy atom. The van der Waals surface area contributed by atoms with Crippen molar-refractivity contribution in [3.63, 3.8) is 0 Å². The molecule has 0 radical (unpaired) electrons. The van der Waals surface area contributed by atoms with Crippen LogP contribution >= 0.6 is 0 Å². The van der Waals surface area contributed by atoms with E-state index in [-0.39, 0.29) is 18.4 Å². The number of likely N-dealkylation sites (tertiary alicyclic amines) is 1. The van der Waals surface area contributed by atoms with Crippen molar-refractivity contribution in [1.29, 1.82) is 0 Å². The molecule has 4 rings (SSSR count). The van der Waals surface area contributed by atoms with E-state index in [1.165, 1.54) is 0 Å². The SMILES string of the molecule is COc1ccc2cc(C(=O)N3CC[C@@]4(CN(C)C(=O)CO4)C3)n(C)c2c1. The average molecular weight is 357 g/mol. The second-order valence-electron chi connectivity index (χ2n) is 7.21. The third-order valence-corrected chi connectivity index (χ3v) is 5.53. The van der Waals surface area contributed by atoms with Gasteiger partial charge in [0.1, 0.15) is 23.7 Å². The van der Waals surface area contributed by atoms with Crippen LogP contribution in [0.25, 0.3) is 10.9 Å². The zero-order valence-corrected chi connectivity index (χ0v) is 15.3. The summed E-state index contributed by atoms with van der Waals surface area (Å²) in [6.07, 6.45) is 0.744. The number of aryl methyl sites for hydroxylation is 1. The summed E-state index contributed by atoms with van der Waals surface area (Å²) in [5.41, 5.74) is 1.16. The van der Waals surface area contributed by atoms with Crippen LogP contribution in [0.2, 0.25) is 0 Å². The molecule has 7 nitrogen and oxygen atoms in total. The summed E-state index contributed by atoms with van der Waals surface area (Å²) in [7, 11) is 5.31. The molecule has 0 bridgehead atoms. The Bertz CT molecular complexity index is 890. The highest BCUT2D eigenvalue weighted by Gasteiger charge is 2.45. The van der Waals surface area contributed by atoms with Crippen molar-refractivity contribution in [2.75, 3.05) is 40.4 Å². The van der Waals surface area contributed by atoms with Crippen LogP contribution in [0.3, 0.4) is 0 Å². The fourth-order valence-electron chi connectivity index (χ4n) is 3.96. The van der Waals surface area contributed by atoms with Crippen LogP contribution in [-0.4, -0.2) is 72.2 Å². The summed E-state index contributed by atoms with van der Waals surface area (Å²) in [4.78, 5) is 28.3. The number of amides is 2. The van der Waals surface area contributed by atoms with Gasteiger partial charge in [0.15, 0.2) is 0 Å². The Morgan fingerprint density at radius 2 is 2.04 bits per heavy atom. The van der Waals surface area contributed by atoms with Crippen molar-refractivity contribution in [2.45, 2.75) is 12.0 Å². The van der Waals surface area contributed by atoms with Crippen LogP contribution in [0.4, 0.5) is 0 Å². The van der Waals surface area contributed by atoms with Crippen molar-refractivity contribution in [1.82, 2.24) is 14.4 Å². The highest BCUT2D eigenvalue weighted by Crippen LogP contribution is 2.31. The lowest BCUT2D eigenvalue weighted by atomic mass is 10.0. The molecule has 1 spiro atoms. The molecule has 2 saturated heterocycles. The first-order chi connectivity index (χ1) is 12.4. The maximum atomic E-state index is 13.1. The molecule has 2 aliphatic rings. The number of carbonyl (C=O) groups is 2. The number of hydrogen-bond acceptors (Lipinski definition) is 4. The van der Waals surface area contributed by atoms with Crippen LogP contribution in [0.5, 0.6) is 5.75 Å².